The molecule has 1 aromatic carbocycles. The molecule has 5 N–H and O–H groups in total. The Hall–Kier alpha value is -3.14. The van der Waals surface area contributed by atoms with E-state index < -0.39 is 29.4 Å². The lowest BCUT2D eigenvalue weighted by Crippen LogP contribution is -2.65. The van der Waals surface area contributed by atoms with E-state index in [1.54, 1.807) is 4.90 Å². The fourth-order valence-corrected chi connectivity index (χ4v) is 4.47. The smallest absolute Gasteiger partial charge is 0.350 e. The monoisotopic (exact) mass is 474 g/mol. The highest BCUT2D eigenvalue weighted by molar-refractivity contribution is 5.99. The topological polar surface area (TPSA) is 148 Å². The lowest BCUT2D eigenvalue weighted by molar-refractivity contribution is -0.149. The van der Waals surface area contributed by atoms with Gasteiger partial charge in [-0.15, -0.1) is 0 Å². The molecule has 186 valence electrons. The first kappa shape index (κ1) is 25.5. The summed E-state index contributed by atoms with van der Waals surface area (Å²) < 4.78 is 0. The van der Waals surface area contributed by atoms with E-state index in [0.29, 0.717) is 31.7 Å². The number of benzene rings is 1. The molecule has 2 aliphatic heterocycles. The van der Waals surface area contributed by atoms with E-state index in [4.69, 9.17) is 0 Å². The van der Waals surface area contributed by atoms with Gasteiger partial charge in [0.2, 0.25) is 17.5 Å². The molecule has 0 saturated carbocycles. The van der Waals surface area contributed by atoms with Gasteiger partial charge in [0.25, 0.3) is 5.91 Å². The molecule has 0 spiro atoms. The van der Waals surface area contributed by atoms with E-state index in [9.17, 15) is 29.4 Å². The van der Waals surface area contributed by atoms with Gasteiger partial charge in [-0.05, 0) is 82.3 Å². The number of aliphatic carboxylic acids is 1. The Balaban J connectivity index is 1.56. The summed E-state index contributed by atoms with van der Waals surface area (Å²) in [5.41, 5.74) is -1.89. The zero-order chi connectivity index (χ0) is 24.7. The minimum atomic E-state index is -2.03. The first-order valence-electron chi connectivity index (χ1n) is 11.8. The lowest BCUT2D eigenvalue weighted by atomic mass is 9.92. The summed E-state index contributed by atoms with van der Waals surface area (Å²) >= 11 is 0. The number of carbonyl (C=O) groups is 4. The molecule has 0 unspecified atom stereocenters. The number of carbonyl (C=O) groups excluding carboxylic acids is 3. The quantitative estimate of drug-likeness (QED) is 0.354. The lowest BCUT2D eigenvalue weighted by Gasteiger charge is -2.35. The van der Waals surface area contributed by atoms with Crippen molar-refractivity contribution in [2.45, 2.75) is 51.1 Å². The van der Waals surface area contributed by atoms with Gasteiger partial charge >= 0.3 is 5.97 Å². The molecule has 34 heavy (non-hydrogen) atoms. The normalized spacial score (nSPS) is 20.7. The molecule has 2 saturated heterocycles. The molecule has 2 heterocycles. The maximum absolute atomic E-state index is 13.0. The summed E-state index contributed by atoms with van der Waals surface area (Å²) in [5.74, 6) is -2.66. The van der Waals surface area contributed by atoms with E-state index in [-0.39, 0.29) is 23.8 Å². The van der Waals surface area contributed by atoms with Crippen molar-refractivity contribution >= 4 is 23.7 Å². The van der Waals surface area contributed by atoms with Gasteiger partial charge in [0.15, 0.2) is 0 Å². The van der Waals surface area contributed by atoms with Crippen LogP contribution in [0.2, 0.25) is 0 Å². The Bertz CT molecular complexity index is 899. The Morgan fingerprint density at radius 3 is 2.41 bits per heavy atom. The van der Waals surface area contributed by atoms with Crippen LogP contribution in [0.3, 0.4) is 0 Å². The van der Waals surface area contributed by atoms with Crippen LogP contribution >= 0.6 is 0 Å². The van der Waals surface area contributed by atoms with E-state index in [2.05, 4.69) is 16.0 Å². The third kappa shape index (κ3) is 6.69. The average Bonchev–Trinajstić information content (AvgIpc) is 2.83. The number of phenols is 1. The highest BCUT2D eigenvalue weighted by Crippen LogP contribution is 2.22. The number of hydrogen-bond donors (Lipinski definition) is 5. The van der Waals surface area contributed by atoms with E-state index in [0.717, 1.165) is 32.4 Å². The largest absolute Gasteiger partial charge is 0.508 e. The maximum Gasteiger partial charge on any atom is 0.350 e. The molecule has 0 aromatic heterocycles. The fourth-order valence-electron chi connectivity index (χ4n) is 4.47. The molecule has 2 atom stereocenters. The van der Waals surface area contributed by atoms with Crippen molar-refractivity contribution in [2.24, 2.45) is 11.8 Å². The number of amides is 3. The van der Waals surface area contributed by atoms with Gasteiger partial charge in [0.05, 0.1) is 5.92 Å². The molecule has 0 radical (unpaired) electrons. The number of nitrogens with zero attached hydrogens (tertiary/aromatic N) is 1. The van der Waals surface area contributed by atoms with Gasteiger partial charge in [0.1, 0.15) is 5.75 Å². The van der Waals surface area contributed by atoms with Crippen molar-refractivity contribution in [1.29, 1.82) is 0 Å². The second kappa shape index (κ2) is 11.3. The highest BCUT2D eigenvalue weighted by Gasteiger charge is 2.39. The van der Waals surface area contributed by atoms with Gasteiger partial charge in [-0.2, -0.15) is 0 Å². The Labute approximate surface area is 199 Å². The van der Waals surface area contributed by atoms with Crippen molar-refractivity contribution in [3.8, 4) is 5.75 Å². The first-order chi connectivity index (χ1) is 16.2. The van der Waals surface area contributed by atoms with Gasteiger partial charge in [-0.1, -0.05) is 0 Å². The summed E-state index contributed by atoms with van der Waals surface area (Å²) in [6, 6.07) is 5.32. The second-order valence-electron chi connectivity index (χ2n) is 9.33. The Morgan fingerprint density at radius 2 is 1.76 bits per heavy atom. The number of nitrogens with one attached hydrogen (secondary N) is 3. The molecule has 3 amide bonds. The molecular weight excluding hydrogens is 440 g/mol. The average molecular weight is 475 g/mol. The van der Waals surface area contributed by atoms with Crippen molar-refractivity contribution in [3.05, 3.63) is 29.8 Å². The summed E-state index contributed by atoms with van der Waals surface area (Å²) in [4.78, 5) is 51.8. The van der Waals surface area contributed by atoms with Crippen LogP contribution < -0.4 is 16.0 Å². The van der Waals surface area contributed by atoms with Crippen LogP contribution in [-0.4, -0.2) is 70.6 Å². The van der Waals surface area contributed by atoms with E-state index in [1.165, 1.54) is 31.2 Å². The van der Waals surface area contributed by atoms with Crippen molar-refractivity contribution in [2.75, 3.05) is 26.2 Å². The molecular formula is C24H34N4O6. The minimum Gasteiger partial charge on any atom is -0.508 e. The molecule has 10 heteroatoms. The number of likely N-dealkylation sites (tertiary alicyclic amines) is 1. The van der Waals surface area contributed by atoms with Gasteiger partial charge in [0, 0.05) is 25.1 Å². The van der Waals surface area contributed by atoms with Crippen LogP contribution in [0.5, 0.6) is 5.75 Å². The standard InChI is InChI=1S/C24H34N4O6/c1-24(23(33)34,26-21(31)17-5-7-19(29)8-6-17)27-22(32)18-3-2-14-28(15-18)20(30)9-4-16-10-12-25-13-11-16/h5-8,16,18,25,29H,2-4,9-15H2,1H3,(H,26,31)(H,27,32)(H,33,34)/t18-,24+/m1/s1. The third-order valence-electron chi connectivity index (χ3n) is 6.66. The van der Waals surface area contributed by atoms with Crippen LogP contribution in [0.1, 0.15) is 55.8 Å². The maximum atomic E-state index is 13.0. The molecule has 0 aliphatic carbocycles. The summed E-state index contributed by atoms with van der Waals surface area (Å²) in [6.07, 6.45) is 4.62. The van der Waals surface area contributed by atoms with Crippen LogP contribution in [-0.2, 0) is 14.4 Å². The predicted molar refractivity (Wildman–Crippen MR) is 124 cm³/mol. The van der Waals surface area contributed by atoms with Gasteiger partial charge in [-0.3, -0.25) is 14.4 Å². The summed E-state index contributed by atoms with van der Waals surface area (Å²) in [5, 5.41) is 27.2. The molecule has 1 aromatic rings. The van der Waals surface area contributed by atoms with Crippen LogP contribution in [0.4, 0.5) is 0 Å². The van der Waals surface area contributed by atoms with Crippen molar-refractivity contribution in [1.82, 2.24) is 20.9 Å². The summed E-state index contributed by atoms with van der Waals surface area (Å²) in [6.45, 7) is 3.99. The molecule has 0 bridgehead atoms. The highest BCUT2D eigenvalue weighted by atomic mass is 16.4. The summed E-state index contributed by atoms with van der Waals surface area (Å²) in [7, 11) is 0. The minimum absolute atomic E-state index is 0.0256. The van der Waals surface area contributed by atoms with Crippen LogP contribution in [0.15, 0.2) is 24.3 Å². The number of carboxylic acid groups (broad SMARTS) is 1. The number of phenolic OH excluding ortho intramolecular Hbond substituents is 1. The number of hydrogen-bond acceptors (Lipinski definition) is 6. The molecule has 3 rings (SSSR count). The van der Waals surface area contributed by atoms with Crippen molar-refractivity contribution in [3.63, 3.8) is 0 Å². The van der Waals surface area contributed by atoms with Gasteiger partial charge < -0.3 is 31.1 Å². The zero-order valence-corrected chi connectivity index (χ0v) is 19.5. The van der Waals surface area contributed by atoms with Gasteiger partial charge in [-0.25, -0.2) is 4.79 Å². The SMILES string of the molecule is C[C@](NC(=O)c1ccc(O)cc1)(NC(=O)[C@@H]1CCCN(C(=O)CCC2CCNCC2)C1)C(=O)O. The van der Waals surface area contributed by atoms with Crippen molar-refractivity contribution < 1.29 is 29.4 Å². The predicted octanol–water partition coefficient (Wildman–Crippen LogP) is 1.06. The molecule has 10 nitrogen and oxygen atoms in total. The Kier molecular flexibility index (Phi) is 8.49. The third-order valence-corrected chi connectivity index (χ3v) is 6.66. The number of aromatic hydroxyl groups is 1. The molecule has 2 fully saturated rings. The molecule has 2 aliphatic rings. The fraction of sp³-hybridized carbons (Fsp3) is 0.583. The number of piperidine rings is 2. The van der Waals surface area contributed by atoms with Crippen LogP contribution in [0.25, 0.3) is 0 Å². The number of carboxylic acids is 1. The Morgan fingerprint density at radius 1 is 1.09 bits per heavy atom. The number of rotatable bonds is 8. The van der Waals surface area contributed by atoms with E-state index >= 15 is 0 Å². The first-order valence-corrected chi connectivity index (χ1v) is 11.8. The zero-order valence-electron chi connectivity index (χ0n) is 19.5. The van der Waals surface area contributed by atoms with Crippen LogP contribution in [0, 0.1) is 11.8 Å². The second-order valence-corrected chi connectivity index (χ2v) is 9.33. The van der Waals surface area contributed by atoms with E-state index in [1.807, 2.05) is 0 Å².